The van der Waals surface area contributed by atoms with Crippen molar-refractivity contribution in [3.05, 3.63) is 60.4 Å². The molecular weight excluding hydrogens is 474 g/mol. The van der Waals surface area contributed by atoms with E-state index in [0.717, 1.165) is 36.7 Å². The molecular formula is C31H41N5O2. The van der Waals surface area contributed by atoms with Gasteiger partial charge in [-0.3, -0.25) is 0 Å². The summed E-state index contributed by atoms with van der Waals surface area (Å²) in [5.41, 5.74) is 10.5. The minimum absolute atomic E-state index is 0.0161. The highest BCUT2D eigenvalue weighted by atomic mass is 16.5. The number of aromatic nitrogens is 4. The fourth-order valence-electron chi connectivity index (χ4n) is 8.55. The Balaban J connectivity index is 1.26. The van der Waals surface area contributed by atoms with Crippen LogP contribution >= 0.6 is 0 Å². The number of benzene rings is 1. The van der Waals surface area contributed by atoms with Crippen LogP contribution in [0, 0.1) is 40.4 Å². The Hall–Kier alpha value is -2.77. The zero-order chi connectivity index (χ0) is 26.5. The van der Waals surface area contributed by atoms with Gasteiger partial charge in [-0.15, -0.1) is 0 Å². The molecule has 38 heavy (non-hydrogen) atoms. The van der Waals surface area contributed by atoms with Crippen molar-refractivity contribution in [2.75, 3.05) is 13.2 Å². The first-order chi connectivity index (χ1) is 18.4. The highest BCUT2D eigenvalue weighted by Gasteiger charge is 2.57. The van der Waals surface area contributed by atoms with E-state index in [1.807, 2.05) is 28.9 Å². The zero-order valence-corrected chi connectivity index (χ0v) is 22.9. The SMILES string of the molecule is C[C@H]1CC[C@H]2[C@H](CN)[C@@H]([C@@]3(C)Cc4cnn(-c5ccc(Oc6cncnc6)cc5)c4C[C@@H]3CO)CC[C@]12C. The Morgan fingerprint density at radius 1 is 1.00 bits per heavy atom. The van der Waals surface area contributed by atoms with E-state index in [1.165, 1.54) is 43.3 Å². The molecule has 3 aliphatic rings. The molecule has 2 heterocycles. The monoisotopic (exact) mass is 515 g/mol. The number of aliphatic hydroxyl groups is 1. The van der Waals surface area contributed by atoms with Crippen LogP contribution in [0.4, 0.5) is 0 Å². The summed E-state index contributed by atoms with van der Waals surface area (Å²) in [5, 5.41) is 15.5. The second kappa shape index (κ2) is 9.76. The van der Waals surface area contributed by atoms with Crippen molar-refractivity contribution in [1.82, 2.24) is 19.7 Å². The number of ether oxygens (including phenoxy) is 1. The van der Waals surface area contributed by atoms with Crippen molar-refractivity contribution in [2.45, 2.75) is 59.3 Å². The summed E-state index contributed by atoms with van der Waals surface area (Å²) < 4.78 is 7.90. The smallest absolute Gasteiger partial charge is 0.163 e. The molecule has 0 radical (unpaired) electrons. The largest absolute Gasteiger partial charge is 0.454 e. The van der Waals surface area contributed by atoms with Gasteiger partial charge in [0, 0.05) is 12.3 Å². The van der Waals surface area contributed by atoms with E-state index < -0.39 is 0 Å². The lowest BCUT2D eigenvalue weighted by Crippen LogP contribution is -2.53. The number of fused-ring (bicyclic) bond motifs is 2. The van der Waals surface area contributed by atoms with E-state index >= 15 is 0 Å². The maximum Gasteiger partial charge on any atom is 0.163 e. The molecule has 3 aliphatic carbocycles. The quantitative estimate of drug-likeness (QED) is 0.468. The number of rotatable bonds is 6. The number of aliphatic hydroxyl groups excluding tert-OH is 1. The molecule has 3 aromatic rings. The van der Waals surface area contributed by atoms with Gasteiger partial charge in [0.05, 0.1) is 24.3 Å². The minimum atomic E-state index is 0.0161. The van der Waals surface area contributed by atoms with Crippen molar-refractivity contribution in [3.8, 4) is 17.2 Å². The Kier molecular flexibility index (Phi) is 6.55. The summed E-state index contributed by atoms with van der Waals surface area (Å²) in [6, 6.07) is 7.95. The van der Waals surface area contributed by atoms with Crippen molar-refractivity contribution in [1.29, 1.82) is 0 Å². The molecule has 7 atom stereocenters. The molecule has 1 aromatic carbocycles. The molecule has 2 aromatic heterocycles. The van der Waals surface area contributed by atoms with Gasteiger partial charge in [-0.2, -0.15) is 5.10 Å². The molecule has 2 fully saturated rings. The van der Waals surface area contributed by atoms with Crippen molar-refractivity contribution in [3.63, 3.8) is 0 Å². The average Bonchev–Trinajstić information content (AvgIpc) is 3.48. The fourth-order valence-corrected chi connectivity index (χ4v) is 8.55. The maximum atomic E-state index is 10.7. The van der Waals surface area contributed by atoms with Crippen LogP contribution in [-0.4, -0.2) is 38.0 Å². The molecule has 7 heteroatoms. The molecule has 0 amide bonds. The lowest BCUT2D eigenvalue weighted by Gasteiger charge is -2.56. The third kappa shape index (κ3) is 4.06. The van der Waals surface area contributed by atoms with Gasteiger partial charge in [0.1, 0.15) is 12.1 Å². The first kappa shape index (κ1) is 25.5. The van der Waals surface area contributed by atoms with Gasteiger partial charge < -0.3 is 15.6 Å². The lowest BCUT2D eigenvalue weighted by atomic mass is 9.49. The molecule has 2 saturated carbocycles. The lowest BCUT2D eigenvalue weighted by molar-refractivity contribution is -0.0691. The topological polar surface area (TPSA) is 99.1 Å². The van der Waals surface area contributed by atoms with E-state index in [9.17, 15) is 5.11 Å². The number of nitrogens with zero attached hydrogens (tertiary/aromatic N) is 4. The summed E-state index contributed by atoms with van der Waals surface area (Å²) in [4.78, 5) is 8.01. The highest BCUT2D eigenvalue weighted by Crippen LogP contribution is 2.63. The Bertz CT molecular complexity index is 1260. The van der Waals surface area contributed by atoms with E-state index in [0.29, 0.717) is 28.9 Å². The number of hydrogen-bond donors (Lipinski definition) is 2. The van der Waals surface area contributed by atoms with E-state index in [2.05, 4.69) is 36.9 Å². The van der Waals surface area contributed by atoms with Crippen LogP contribution in [0.25, 0.3) is 5.69 Å². The standard InChI is InChI=1S/C31H41N5O2/c1-20-4-9-27-26(14-32)28(10-11-30(20,27)2)31(3)13-21-15-35-36(29(21)12-22(31)18-37)23-5-7-24(8-6-23)38-25-16-33-19-34-17-25/h5-8,15-17,19-20,22,26-28,37H,4,9-14,18,32H2,1-3H3/t20-,22+,26-,27-,28-,30+,31-/m0/s1. The van der Waals surface area contributed by atoms with Crippen molar-refractivity contribution < 1.29 is 9.84 Å². The molecule has 7 nitrogen and oxygen atoms in total. The van der Waals surface area contributed by atoms with Crippen LogP contribution < -0.4 is 10.5 Å². The van der Waals surface area contributed by atoms with Crippen LogP contribution in [0.1, 0.15) is 57.7 Å². The molecule has 0 aliphatic heterocycles. The molecule has 0 saturated heterocycles. The van der Waals surface area contributed by atoms with Crippen molar-refractivity contribution >= 4 is 0 Å². The Morgan fingerprint density at radius 2 is 1.74 bits per heavy atom. The van der Waals surface area contributed by atoms with Crippen LogP contribution in [0.2, 0.25) is 0 Å². The Morgan fingerprint density at radius 3 is 2.45 bits per heavy atom. The highest BCUT2D eigenvalue weighted by molar-refractivity contribution is 5.41. The van der Waals surface area contributed by atoms with Gasteiger partial charge in [-0.1, -0.05) is 20.8 Å². The third-order valence-corrected chi connectivity index (χ3v) is 11.0. The minimum Gasteiger partial charge on any atom is -0.454 e. The van der Waals surface area contributed by atoms with Crippen LogP contribution in [0.3, 0.4) is 0 Å². The normalized spacial score (nSPS) is 34.5. The van der Waals surface area contributed by atoms with Gasteiger partial charge >= 0.3 is 0 Å². The zero-order valence-electron chi connectivity index (χ0n) is 22.9. The summed E-state index contributed by atoms with van der Waals surface area (Å²) in [7, 11) is 0. The van der Waals surface area contributed by atoms with Gasteiger partial charge in [0.2, 0.25) is 0 Å². The van der Waals surface area contributed by atoms with Crippen LogP contribution in [-0.2, 0) is 12.8 Å². The first-order valence-corrected chi connectivity index (χ1v) is 14.3. The van der Waals surface area contributed by atoms with E-state index in [4.69, 9.17) is 15.6 Å². The van der Waals surface area contributed by atoms with Gasteiger partial charge in [-0.05, 0) is 115 Å². The molecule has 0 unspecified atom stereocenters. The second-order valence-electron chi connectivity index (χ2n) is 12.6. The van der Waals surface area contributed by atoms with E-state index in [-0.39, 0.29) is 17.9 Å². The molecule has 6 rings (SSSR count). The predicted octanol–water partition coefficient (Wildman–Crippen LogP) is 5.21. The molecule has 202 valence electrons. The van der Waals surface area contributed by atoms with Crippen molar-refractivity contribution in [2.24, 2.45) is 46.2 Å². The maximum absolute atomic E-state index is 10.7. The first-order valence-electron chi connectivity index (χ1n) is 14.3. The van der Waals surface area contributed by atoms with Crippen LogP contribution in [0.15, 0.2) is 49.2 Å². The predicted molar refractivity (Wildman–Crippen MR) is 147 cm³/mol. The fraction of sp³-hybridized carbons (Fsp3) is 0.581. The summed E-state index contributed by atoms with van der Waals surface area (Å²) in [6.45, 7) is 8.34. The van der Waals surface area contributed by atoms with Gasteiger partial charge in [0.15, 0.2) is 5.75 Å². The molecule has 0 bridgehead atoms. The summed E-state index contributed by atoms with van der Waals surface area (Å²) >= 11 is 0. The summed E-state index contributed by atoms with van der Waals surface area (Å²) in [5.74, 6) is 4.05. The van der Waals surface area contributed by atoms with Crippen LogP contribution in [0.5, 0.6) is 11.5 Å². The molecule has 3 N–H and O–H groups in total. The number of hydrogen-bond acceptors (Lipinski definition) is 6. The van der Waals surface area contributed by atoms with E-state index in [1.54, 1.807) is 12.4 Å². The van der Waals surface area contributed by atoms with Gasteiger partial charge in [0.25, 0.3) is 0 Å². The Labute approximate surface area is 225 Å². The molecule has 0 spiro atoms. The number of nitrogens with two attached hydrogens (primary N) is 1. The average molecular weight is 516 g/mol. The van der Waals surface area contributed by atoms with Gasteiger partial charge in [-0.25, -0.2) is 14.6 Å². The third-order valence-electron chi connectivity index (χ3n) is 11.0. The summed E-state index contributed by atoms with van der Waals surface area (Å²) in [6.07, 6.45) is 13.7. The second-order valence-corrected chi connectivity index (χ2v) is 12.6.